The minimum absolute atomic E-state index is 0.517. The summed E-state index contributed by atoms with van der Waals surface area (Å²) in [6, 6.07) is 0. The first-order chi connectivity index (χ1) is 8.19. The second-order valence-electron chi connectivity index (χ2n) is 4.34. The van der Waals surface area contributed by atoms with E-state index in [4.69, 9.17) is 15.0 Å². The van der Waals surface area contributed by atoms with Gasteiger partial charge in [0.1, 0.15) is 5.54 Å². The molecule has 2 heterocycles. The van der Waals surface area contributed by atoms with Gasteiger partial charge < -0.3 is 19.9 Å². The van der Waals surface area contributed by atoms with Crippen LogP contribution in [0.1, 0.15) is 32.6 Å². The van der Waals surface area contributed by atoms with Gasteiger partial charge in [-0.1, -0.05) is 0 Å². The zero-order valence-electron chi connectivity index (χ0n) is 10.5. The number of ether oxygens (including phenoxy) is 1. The number of rotatable bonds is 4. The second kappa shape index (κ2) is 5.01. The number of anilines is 1. The molecule has 1 aromatic heterocycles. The first-order valence-corrected chi connectivity index (χ1v) is 6.15. The zero-order chi connectivity index (χ0) is 12.3. The van der Waals surface area contributed by atoms with E-state index < -0.39 is 5.54 Å². The monoisotopic (exact) mass is 240 g/mol. The SMILES string of the molecule is CCN(CC)c1noc(C2(N)CCOCC2)n1. The minimum atomic E-state index is -0.517. The average molecular weight is 240 g/mol. The highest BCUT2D eigenvalue weighted by molar-refractivity contribution is 5.27. The van der Waals surface area contributed by atoms with Gasteiger partial charge in [-0.05, 0) is 31.8 Å². The van der Waals surface area contributed by atoms with Crippen molar-refractivity contribution < 1.29 is 9.26 Å². The van der Waals surface area contributed by atoms with Gasteiger partial charge in [-0.25, -0.2) is 0 Å². The highest BCUT2D eigenvalue weighted by Crippen LogP contribution is 2.29. The summed E-state index contributed by atoms with van der Waals surface area (Å²) < 4.78 is 10.6. The second-order valence-corrected chi connectivity index (χ2v) is 4.34. The molecule has 1 aliphatic heterocycles. The number of hydrogen-bond acceptors (Lipinski definition) is 6. The molecular formula is C11H20N4O2. The molecule has 2 rings (SSSR count). The first-order valence-electron chi connectivity index (χ1n) is 6.15. The molecule has 0 aliphatic carbocycles. The van der Waals surface area contributed by atoms with Gasteiger partial charge in [-0.2, -0.15) is 4.98 Å². The quantitative estimate of drug-likeness (QED) is 0.841. The molecule has 17 heavy (non-hydrogen) atoms. The summed E-state index contributed by atoms with van der Waals surface area (Å²) in [7, 11) is 0. The van der Waals surface area contributed by atoms with E-state index in [0.29, 0.717) is 25.1 Å². The zero-order valence-corrected chi connectivity index (χ0v) is 10.5. The van der Waals surface area contributed by atoms with Crippen LogP contribution >= 0.6 is 0 Å². The van der Waals surface area contributed by atoms with Gasteiger partial charge in [0.05, 0.1) is 0 Å². The van der Waals surface area contributed by atoms with Crippen LogP contribution in [-0.4, -0.2) is 36.4 Å². The number of aromatic nitrogens is 2. The van der Waals surface area contributed by atoms with Gasteiger partial charge >= 0.3 is 0 Å². The van der Waals surface area contributed by atoms with Crippen molar-refractivity contribution in [3.8, 4) is 0 Å². The Morgan fingerprint density at radius 3 is 2.53 bits per heavy atom. The fourth-order valence-corrected chi connectivity index (χ4v) is 2.00. The van der Waals surface area contributed by atoms with Gasteiger partial charge in [0.2, 0.25) is 5.89 Å². The predicted molar refractivity (Wildman–Crippen MR) is 63.8 cm³/mol. The van der Waals surface area contributed by atoms with E-state index in [-0.39, 0.29) is 0 Å². The molecule has 0 spiro atoms. The number of hydrogen-bond donors (Lipinski definition) is 1. The molecule has 0 atom stereocenters. The summed E-state index contributed by atoms with van der Waals surface area (Å²) in [6.07, 6.45) is 1.46. The molecular weight excluding hydrogens is 220 g/mol. The fraction of sp³-hybridized carbons (Fsp3) is 0.818. The van der Waals surface area contributed by atoms with Crippen molar-refractivity contribution >= 4 is 5.95 Å². The molecule has 1 saturated heterocycles. The van der Waals surface area contributed by atoms with Crippen LogP contribution in [0.5, 0.6) is 0 Å². The van der Waals surface area contributed by atoms with Crippen LogP contribution in [0.4, 0.5) is 5.95 Å². The molecule has 0 saturated carbocycles. The Kier molecular flexibility index (Phi) is 3.63. The molecule has 0 amide bonds. The maximum atomic E-state index is 6.28. The third kappa shape index (κ3) is 2.42. The summed E-state index contributed by atoms with van der Waals surface area (Å²) in [5.74, 6) is 1.16. The average Bonchev–Trinajstić information content (AvgIpc) is 2.82. The van der Waals surface area contributed by atoms with Crippen molar-refractivity contribution in [2.45, 2.75) is 32.2 Å². The normalized spacial score (nSPS) is 19.2. The van der Waals surface area contributed by atoms with Crippen molar-refractivity contribution in [3.63, 3.8) is 0 Å². The third-order valence-electron chi connectivity index (χ3n) is 3.27. The Morgan fingerprint density at radius 1 is 1.29 bits per heavy atom. The molecule has 0 bridgehead atoms. The summed E-state index contributed by atoms with van der Waals surface area (Å²) in [5, 5.41) is 4.00. The number of nitrogens with two attached hydrogens (primary N) is 1. The molecule has 0 unspecified atom stereocenters. The van der Waals surface area contributed by atoms with Crippen molar-refractivity contribution in [1.29, 1.82) is 0 Å². The summed E-state index contributed by atoms with van der Waals surface area (Å²) >= 11 is 0. The maximum Gasteiger partial charge on any atom is 0.266 e. The van der Waals surface area contributed by atoms with Crippen LogP contribution in [0.15, 0.2) is 4.52 Å². The van der Waals surface area contributed by atoms with E-state index in [0.717, 1.165) is 25.9 Å². The smallest absolute Gasteiger partial charge is 0.266 e. The maximum absolute atomic E-state index is 6.28. The predicted octanol–water partition coefficient (Wildman–Crippen LogP) is 0.880. The molecule has 1 aliphatic rings. The van der Waals surface area contributed by atoms with E-state index in [1.54, 1.807) is 0 Å². The standard InChI is InChI=1S/C11H20N4O2/c1-3-15(4-2)10-13-9(17-14-10)11(12)5-7-16-8-6-11/h3-8,12H2,1-2H3. The van der Waals surface area contributed by atoms with Crippen LogP contribution in [-0.2, 0) is 10.3 Å². The molecule has 1 fully saturated rings. The Morgan fingerprint density at radius 2 is 1.94 bits per heavy atom. The lowest BCUT2D eigenvalue weighted by atomic mass is 9.91. The highest BCUT2D eigenvalue weighted by Gasteiger charge is 2.36. The van der Waals surface area contributed by atoms with Crippen LogP contribution in [0.3, 0.4) is 0 Å². The van der Waals surface area contributed by atoms with Crippen LogP contribution < -0.4 is 10.6 Å². The molecule has 0 radical (unpaired) electrons. The van der Waals surface area contributed by atoms with E-state index in [1.165, 1.54) is 0 Å². The molecule has 0 aromatic carbocycles. The lowest BCUT2D eigenvalue weighted by molar-refractivity contribution is 0.0400. The largest absolute Gasteiger partial charge is 0.381 e. The Balaban J connectivity index is 2.16. The van der Waals surface area contributed by atoms with E-state index >= 15 is 0 Å². The van der Waals surface area contributed by atoms with Crippen molar-refractivity contribution in [2.75, 3.05) is 31.2 Å². The molecule has 6 heteroatoms. The van der Waals surface area contributed by atoms with Gasteiger partial charge in [-0.15, -0.1) is 0 Å². The van der Waals surface area contributed by atoms with E-state index in [2.05, 4.69) is 24.0 Å². The number of nitrogens with zero attached hydrogens (tertiary/aromatic N) is 3. The van der Waals surface area contributed by atoms with Crippen LogP contribution in [0.2, 0.25) is 0 Å². The van der Waals surface area contributed by atoms with Crippen LogP contribution in [0.25, 0.3) is 0 Å². The Bertz CT molecular complexity index is 356. The molecule has 96 valence electrons. The van der Waals surface area contributed by atoms with Gasteiger partial charge in [0.15, 0.2) is 0 Å². The molecule has 6 nitrogen and oxygen atoms in total. The summed E-state index contributed by atoms with van der Waals surface area (Å²) in [4.78, 5) is 6.45. The molecule has 1 aromatic rings. The van der Waals surface area contributed by atoms with Crippen molar-refractivity contribution in [2.24, 2.45) is 5.73 Å². The van der Waals surface area contributed by atoms with Gasteiger partial charge in [0.25, 0.3) is 5.95 Å². The first kappa shape index (κ1) is 12.3. The molecule has 2 N–H and O–H groups in total. The summed E-state index contributed by atoms with van der Waals surface area (Å²) in [5.41, 5.74) is 5.76. The van der Waals surface area contributed by atoms with Crippen molar-refractivity contribution in [3.05, 3.63) is 5.89 Å². The topological polar surface area (TPSA) is 77.4 Å². The Labute approximate surface area is 101 Å². The van der Waals surface area contributed by atoms with E-state index in [1.807, 2.05) is 4.90 Å². The van der Waals surface area contributed by atoms with E-state index in [9.17, 15) is 0 Å². The lowest BCUT2D eigenvalue weighted by Gasteiger charge is -2.29. The highest BCUT2D eigenvalue weighted by atomic mass is 16.5. The fourth-order valence-electron chi connectivity index (χ4n) is 2.00. The lowest BCUT2D eigenvalue weighted by Crippen LogP contribution is -2.42. The summed E-state index contributed by atoms with van der Waals surface area (Å²) in [6.45, 7) is 7.14. The Hall–Kier alpha value is -1.14. The third-order valence-corrected chi connectivity index (χ3v) is 3.27. The van der Waals surface area contributed by atoms with Gasteiger partial charge in [0, 0.05) is 26.3 Å². The van der Waals surface area contributed by atoms with Crippen LogP contribution in [0, 0.1) is 0 Å². The van der Waals surface area contributed by atoms with Crippen molar-refractivity contribution in [1.82, 2.24) is 10.1 Å². The van der Waals surface area contributed by atoms with Gasteiger partial charge in [-0.3, -0.25) is 0 Å². The minimum Gasteiger partial charge on any atom is -0.381 e.